The summed E-state index contributed by atoms with van der Waals surface area (Å²) in [6, 6.07) is 18.8. The Balaban J connectivity index is 1.96. The highest BCUT2D eigenvalue weighted by Gasteiger charge is 2.10. The molecule has 0 N–H and O–H groups in total. The van der Waals surface area contributed by atoms with Gasteiger partial charge in [0.25, 0.3) is 0 Å². The maximum absolute atomic E-state index is 5.88. The van der Waals surface area contributed by atoms with Gasteiger partial charge in [-0.25, -0.2) is 0 Å². The minimum absolute atomic E-state index is 0.382. The van der Waals surface area contributed by atoms with Crippen LogP contribution < -0.4 is 4.74 Å². The molecule has 0 aliphatic carbocycles. The molecule has 0 bridgehead atoms. The molecule has 0 saturated carbocycles. The van der Waals surface area contributed by atoms with E-state index < -0.39 is 0 Å². The van der Waals surface area contributed by atoms with Gasteiger partial charge in [0.2, 0.25) is 0 Å². The van der Waals surface area contributed by atoms with Crippen LogP contribution in [-0.4, -0.2) is 11.9 Å². The van der Waals surface area contributed by atoms with Gasteiger partial charge in [0.15, 0.2) is 0 Å². The van der Waals surface area contributed by atoms with Crippen molar-refractivity contribution in [2.45, 2.75) is 19.3 Å². The first-order chi connectivity index (χ1) is 9.33. The summed E-state index contributed by atoms with van der Waals surface area (Å²) in [6.07, 6.45) is 1.06. The van der Waals surface area contributed by atoms with E-state index >= 15 is 0 Å². The van der Waals surface area contributed by atoms with Crippen molar-refractivity contribution in [1.82, 2.24) is 0 Å². The number of aryl methyl sites for hydroxylation is 1. The lowest BCUT2D eigenvalue weighted by atomic mass is 10.0. The summed E-state index contributed by atoms with van der Waals surface area (Å²) in [6.45, 7) is 2.85. The molecule has 1 atom stereocenters. The largest absolute Gasteiger partial charge is 0.493 e. The van der Waals surface area contributed by atoms with Gasteiger partial charge in [-0.05, 0) is 29.7 Å². The molecule has 2 rings (SSSR count). The molecule has 19 heavy (non-hydrogen) atoms. The van der Waals surface area contributed by atoms with Crippen LogP contribution in [0.5, 0.6) is 5.75 Å². The van der Waals surface area contributed by atoms with Crippen LogP contribution in [-0.2, 0) is 6.42 Å². The molecule has 0 amide bonds. The monoisotopic (exact) mass is 318 g/mol. The van der Waals surface area contributed by atoms with E-state index in [0.29, 0.717) is 12.5 Å². The highest BCUT2D eigenvalue weighted by Crippen LogP contribution is 2.20. The van der Waals surface area contributed by atoms with Crippen molar-refractivity contribution in [3.05, 3.63) is 65.7 Å². The highest BCUT2D eigenvalue weighted by atomic mass is 79.9. The van der Waals surface area contributed by atoms with Crippen LogP contribution in [0.15, 0.2) is 54.6 Å². The molecule has 0 saturated heterocycles. The Hall–Kier alpha value is -1.28. The minimum Gasteiger partial charge on any atom is -0.493 e. The number of ether oxygens (including phenoxy) is 1. The molecule has 1 unspecified atom stereocenters. The standard InChI is InChI=1S/C17H19BrO/c1-2-14-8-10-17(11-9-14)19-13-16(12-18)15-6-4-3-5-7-15/h3-11,16H,2,12-13H2,1H3. The molecule has 0 radical (unpaired) electrons. The fourth-order valence-electron chi connectivity index (χ4n) is 1.97. The van der Waals surface area contributed by atoms with E-state index in [4.69, 9.17) is 4.74 Å². The summed E-state index contributed by atoms with van der Waals surface area (Å²) in [5, 5.41) is 0.907. The van der Waals surface area contributed by atoms with Crippen LogP contribution >= 0.6 is 15.9 Å². The summed E-state index contributed by atoms with van der Waals surface area (Å²) >= 11 is 3.57. The van der Waals surface area contributed by atoms with Crippen molar-refractivity contribution in [3.63, 3.8) is 0 Å². The first-order valence-electron chi connectivity index (χ1n) is 6.66. The third-order valence-electron chi connectivity index (χ3n) is 3.24. The molecule has 100 valence electrons. The van der Waals surface area contributed by atoms with Crippen LogP contribution in [0.2, 0.25) is 0 Å². The van der Waals surface area contributed by atoms with Crippen molar-refractivity contribution >= 4 is 15.9 Å². The molecule has 0 fully saturated rings. The fraction of sp³-hybridized carbons (Fsp3) is 0.294. The van der Waals surface area contributed by atoms with Gasteiger partial charge in [-0.15, -0.1) is 0 Å². The van der Waals surface area contributed by atoms with Gasteiger partial charge in [0, 0.05) is 11.2 Å². The lowest BCUT2D eigenvalue weighted by Crippen LogP contribution is -2.11. The van der Waals surface area contributed by atoms with Gasteiger partial charge in [-0.2, -0.15) is 0 Å². The summed E-state index contributed by atoms with van der Waals surface area (Å²) in [7, 11) is 0. The molecule has 0 aliphatic rings. The summed E-state index contributed by atoms with van der Waals surface area (Å²) < 4.78 is 5.88. The molecule has 0 spiro atoms. The SMILES string of the molecule is CCc1ccc(OCC(CBr)c2ccccc2)cc1. The maximum atomic E-state index is 5.88. The van der Waals surface area contributed by atoms with Crippen LogP contribution in [0.4, 0.5) is 0 Å². The third-order valence-corrected chi connectivity index (χ3v) is 4.02. The summed E-state index contributed by atoms with van der Waals surface area (Å²) in [4.78, 5) is 0. The Kier molecular flexibility index (Phi) is 5.46. The number of hydrogen-bond donors (Lipinski definition) is 0. The lowest BCUT2D eigenvalue weighted by molar-refractivity contribution is 0.298. The van der Waals surface area contributed by atoms with E-state index in [0.717, 1.165) is 17.5 Å². The van der Waals surface area contributed by atoms with Crippen LogP contribution in [0, 0.1) is 0 Å². The Morgan fingerprint density at radius 3 is 2.26 bits per heavy atom. The number of hydrogen-bond acceptors (Lipinski definition) is 1. The van der Waals surface area contributed by atoms with Crippen molar-refractivity contribution in [1.29, 1.82) is 0 Å². The molecule has 0 aromatic heterocycles. The normalized spacial score (nSPS) is 12.1. The Morgan fingerprint density at radius 1 is 1.00 bits per heavy atom. The second-order valence-corrected chi connectivity index (χ2v) is 5.22. The van der Waals surface area contributed by atoms with Crippen LogP contribution in [0.1, 0.15) is 24.0 Å². The summed E-state index contributed by atoms with van der Waals surface area (Å²) in [5.41, 5.74) is 2.65. The van der Waals surface area contributed by atoms with E-state index in [1.165, 1.54) is 11.1 Å². The molecule has 2 aromatic rings. The lowest BCUT2D eigenvalue weighted by Gasteiger charge is -2.15. The first kappa shape index (κ1) is 14.1. The maximum Gasteiger partial charge on any atom is 0.119 e. The first-order valence-corrected chi connectivity index (χ1v) is 7.78. The smallest absolute Gasteiger partial charge is 0.119 e. The van der Waals surface area contributed by atoms with Crippen molar-refractivity contribution in [2.75, 3.05) is 11.9 Å². The van der Waals surface area contributed by atoms with E-state index in [9.17, 15) is 0 Å². The predicted octanol–water partition coefficient (Wildman–Crippen LogP) is 4.81. The summed E-state index contributed by atoms with van der Waals surface area (Å²) in [5.74, 6) is 1.33. The number of benzene rings is 2. The zero-order valence-corrected chi connectivity index (χ0v) is 12.8. The van der Waals surface area contributed by atoms with Gasteiger partial charge in [0.1, 0.15) is 5.75 Å². The van der Waals surface area contributed by atoms with Crippen molar-refractivity contribution < 1.29 is 4.74 Å². The molecular formula is C17H19BrO. The Morgan fingerprint density at radius 2 is 1.68 bits per heavy atom. The highest BCUT2D eigenvalue weighted by molar-refractivity contribution is 9.09. The minimum atomic E-state index is 0.382. The molecule has 0 heterocycles. The average molecular weight is 319 g/mol. The van der Waals surface area contributed by atoms with E-state index in [-0.39, 0.29) is 0 Å². The number of alkyl halides is 1. The number of halogens is 1. The Labute approximate surface area is 123 Å². The van der Waals surface area contributed by atoms with Gasteiger partial charge in [0.05, 0.1) is 6.61 Å². The van der Waals surface area contributed by atoms with Crippen LogP contribution in [0.25, 0.3) is 0 Å². The Bertz CT molecular complexity index is 478. The van der Waals surface area contributed by atoms with E-state index in [2.05, 4.69) is 71.4 Å². The van der Waals surface area contributed by atoms with E-state index in [1.54, 1.807) is 0 Å². The quantitative estimate of drug-likeness (QED) is 0.695. The molecule has 1 nitrogen and oxygen atoms in total. The fourth-order valence-corrected chi connectivity index (χ4v) is 2.53. The second kappa shape index (κ2) is 7.34. The molecule has 2 aromatic carbocycles. The number of rotatable bonds is 6. The van der Waals surface area contributed by atoms with Gasteiger partial charge < -0.3 is 4.74 Å². The second-order valence-electron chi connectivity index (χ2n) is 4.57. The van der Waals surface area contributed by atoms with Gasteiger partial charge in [-0.1, -0.05) is 65.3 Å². The van der Waals surface area contributed by atoms with Crippen molar-refractivity contribution in [3.8, 4) is 5.75 Å². The third kappa shape index (κ3) is 4.10. The van der Waals surface area contributed by atoms with Gasteiger partial charge in [-0.3, -0.25) is 0 Å². The molecule has 2 heteroatoms. The van der Waals surface area contributed by atoms with Crippen molar-refractivity contribution in [2.24, 2.45) is 0 Å². The average Bonchev–Trinajstić information content (AvgIpc) is 2.49. The van der Waals surface area contributed by atoms with Gasteiger partial charge >= 0.3 is 0 Å². The topological polar surface area (TPSA) is 9.23 Å². The molecular weight excluding hydrogens is 300 g/mol. The van der Waals surface area contributed by atoms with E-state index in [1.807, 2.05) is 6.07 Å². The predicted molar refractivity (Wildman–Crippen MR) is 84.3 cm³/mol. The van der Waals surface area contributed by atoms with Crippen LogP contribution in [0.3, 0.4) is 0 Å². The zero-order chi connectivity index (χ0) is 13.5. The zero-order valence-electron chi connectivity index (χ0n) is 11.2. The molecule has 0 aliphatic heterocycles.